The molecule has 5 nitrogen and oxygen atoms in total. The third-order valence-corrected chi connectivity index (χ3v) is 3.34. The molecule has 6 heteroatoms. The summed E-state index contributed by atoms with van der Waals surface area (Å²) in [6, 6.07) is 7.19. The van der Waals surface area contributed by atoms with E-state index in [1.807, 2.05) is 12.1 Å². The summed E-state index contributed by atoms with van der Waals surface area (Å²) in [7, 11) is 1.55. The largest absolute Gasteiger partial charge is 0.495 e. The van der Waals surface area contributed by atoms with E-state index < -0.39 is 5.97 Å². The van der Waals surface area contributed by atoms with Gasteiger partial charge in [0.05, 0.1) is 18.6 Å². The summed E-state index contributed by atoms with van der Waals surface area (Å²) in [5, 5.41) is 11.2. The second-order valence-electron chi connectivity index (χ2n) is 3.80. The summed E-state index contributed by atoms with van der Waals surface area (Å²) >= 11 is 1.42. The van der Waals surface area contributed by atoms with Crippen LogP contribution in [0.3, 0.4) is 0 Å². The average Bonchev–Trinajstić information content (AvgIpc) is 2.38. The molecule has 104 valence electrons. The molecule has 0 aromatic heterocycles. The van der Waals surface area contributed by atoms with Crippen molar-refractivity contribution in [3.8, 4) is 5.75 Å². The Morgan fingerprint density at radius 2 is 2.11 bits per heavy atom. The summed E-state index contributed by atoms with van der Waals surface area (Å²) in [5.74, 6) is 0.652. The molecule has 0 radical (unpaired) electrons. The number of carboxylic acids is 1. The van der Waals surface area contributed by atoms with Gasteiger partial charge in [-0.1, -0.05) is 12.1 Å². The number of carbonyl (C=O) groups is 2. The molecule has 1 aromatic carbocycles. The van der Waals surface area contributed by atoms with E-state index in [4.69, 9.17) is 9.84 Å². The summed E-state index contributed by atoms with van der Waals surface area (Å²) in [4.78, 5) is 22.0. The first-order valence-corrected chi connectivity index (χ1v) is 7.01. The van der Waals surface area contributed by atoms with E-state index in [2.05, 4.69) is 5.32 Å². The van der Waals surface area contributed by atoms with Crippen LogP contribution in [0, 0.1) is 0 Å². The van der Waals surface area contributed by atoms with Crippen LogP contribution in [0.1, 0.15) is 12.8 Å². The predicted molar refractivity (Wildman–Crippen MR) is 75.8 cm³/mol. The Morgan fingerprint density at radius 3 is 2.79 bits per heavy atom. The molecule has 0 heterocycles. The highest BCUT2D eigenvalue weighted by molar-refractivity contribution is 7.99. The lowest BCUT2D eigenvalue weighted by atomic mass is 10.3. The molecule has 1 aromatic rings. The Bertz CT molecular complexity index is 436. The van der Waals surface area contributed by atoms with Crippen molar-refractivity contribution in [3.63, 3.8) is 0 Å². The fourth-order valence-electron chi connectivity index (χ4n) is 1.42. The van der Waals surface area contributed by atoms with Crippen molar-refractivity contribution in [2.45, 2.75) is 12.8 Å². The zero-order chi connectivity index (χ0) is 14.1. The molecule has 0 fully saturated rings. The van der Waals surface area contributed by atoms with Gasteiger partial charge in [-0.3, -0.25) is 9.59 Å². The molecule has 0 atom stereocenters. The minimum absolute atomic E-state index is 0.121. The number of benzene rings is 1. The molecule has 1 rings (SSSR count). The average molecular weight is 283 g/mol. The Morgan fingerprint density at radius 1 is 1.37 bits per heavy atom. The molecule has 0 saturated carbocycles. The summed E-state index contributed by atoms with van der Waals surface area (Å²) < 4.78 is 5.13. The fourth-order valence-corrected chi connectivity index (χ4v) is 2.17. The van der Waals surface area contributed by atoms with Gasteiger partial charge in [0.15, 0.2) is 0 Å². The number of amides is 1. The second kappa shape index (κ2) is 8.42. The normalized spacial score (nSPS) is 9.95. The number of ether oxygens (including phenoxy) is 1. The Balaban J connectivity index is 2.29. The van der Waals surface area contributed by atoms with Gasteiger partial charge in [0.2, 0.25) is 5.91 Å². The summed E-state index contributed by atoms with van der Waals surface area (Å²) in [5.41, 5.74) is 0.640. The van der Waals surface area contributed by atoms with E-state index in [1.165, 1.54) is 11.8 Å². The van der Waals surface area contributed by atoms with Crippen LogP contribution in [0.5, 0.6) is 5.75 Å². The molecule has 0 aliphatic heterocycles. The molecule has 0 bridgehead atoms. The van der Waals surface area contributed by atoms with Crippen molar-refractivity contribution in [3.05, 3.63) is 24.3 Å². The van der Waals surface area contributed by atoms with Gasteiger partial charge in [0.25, 0.3) is 0 Å². The molecule has 0 saturated heterocycles. The first-order valence-electron chi connectivity index (χ1n) is 5.86. The zero-order valence-electron chi connectivity index (χ0n) is 10.7. The highest BCUT2D eigenvalue weighted by Gasteiger charge is 2.06. The number of hydrogen-bond acceptors (Lipinski definition) is 4. The maximum Gasteiger partial charge on any atom is 0.303 e. The highest BCUT2D eigenvalue weighted by Crippen LogP contribution is 2.23. The second-order valence-corrected chi connectivity index (χ2v) is 4.90. The standard InChI is InChI=1S/C13H17NO4S/c1-18-11-6-3-2-5-10(11)14-12(15)9-19-8-4-7-13(16)17/h2-3,5-6H,4,7-9H2,1H3,(H,14,15)(H,16,17). The number of thioether (sulfide) groups is 1. The Labute approximate surface area is 116 Å². The molecule has 1 amide bonds. The third-order valence-electron chi connectivity index (χ3n) is 2.29. The number of hydrogen-bond donors (Lipinski definition) is 2. The minimum atomic E-state index is -0.806. The van der Waals surface area contributed by atoms with Gasteiger partial charge < -0.3 is 15.2 Å². The quantitative estimate of drug-likeness (QED) is 0.716. The third kappa shape index (κ3) is 6.15. The molecule has 19 heavy (non-hydrogen) atoms. The van der Waals surface area contributed by atoms with Crippen molar-refractivity contribution in [2.75, 3.05) is 23.9 Å². The zero-order valence-corrected chi connectivity index (χ0v) is 11.5. The monoisotopic (exact) mass is 283 g/mol. The number of para-hydroxylation sites is 2. The van der Waals surface area contributed by atoms with Crippen LogP contribution in [-0.2, 0) is 9.59 Å². The number of nitrogens with one attached hydrogen (secondary N) is 1. The lowest BCUT2D eigenvalue weighted by Gasteiger charge is -2.09. The van der Waals surface area contributed by atoms with Crippen LogP contribution < -0.4 is 10.1 Å². The maximum atomic E-state index is 11.7. The predicted octanol–water partition coefficient (Wildman–Crippen LogP) is 2.23. The summed E-state index contributed by atoms with van der Waals surface area (Å²) in [6.07, 6.45) is 0.711. The van der Waals surface area contributed by atoms with Gasteiger partial charge in [-0.25, -0.2) is 0 Å². The van der Waals surface area contributed by atoms with Gasteiger partial charge in [-0.05, 0) is 24.3 Å². The van der Waals surface area contributed by atoms with Crippen LogP contribution >= 0.6 is 11.8 Å². The van der Waals surface area contributed by atoms with Crippen molar-refractivity contribution in [2.24, 2.45) is 0 Å². The van der Waals surface area contributed by atoms with Gasteiger partial charge in [0, 0.05) is 6.42 Å². The first kappa shape index (κ1) is 15.4. The van der Waals surface area contributed by atoms with Crippen LogP contribution in [0.25, 0.3) is 0 Å². The molecule has 0 aliphatic carbocycles. The SMILES string of the molecule is COc1ccccc1NC(=O)CSCCCC(=O)O. The van der Waals surface area contributed by atoms with Crippen molar-refractivity contribution in [1.82, 2.24) is 0 Å². The van der Waals surface area contributed by atoms with Crippen molar-refractivity contribution >= 4 is 29.3 Å². The van der Waals surface area contributed by atoms with Crippen LogP contribution in [0.2, 0.25) is 0 Å². The van der Waals surface area contributed by atoms with Crippen LogP contribution in [0.15, 0.2) is 24.3 Å². The van der Waals surface area contributed by atoms with E-state index in [1.54, 1.807) is 19.2 Å². The Hall–Kier alpha value is -1.69. The van der Waals surface area contributed by atoms with E-state index in [0.29, 0.717) is 29.4 Å². The molecular weight excluding hydrogens is 266 g/mol. The minimum Gasteiger partial charge on any atom is -0.495 e. The van der Waals surface area contributed by atoms with Gasteiger partial charge in [0.1, 0.15) is 5.75 Å². The number of aliphatic carboxylic acids is 1. The molecule has 0 aliphatic rings. The van der Waals surface area contributed by atoms with Gasteiger partial charge >= 0.3 is 5.97 Å². The van der Waals surface area contributed by atoms with Crippen molar-refractivity contribution < 1.29 is 19.4 Å². The fraction of sp³-hybridized carbons (Fsp3) is 0.385. The number of anilines is 1. The van der Waals surface area contributed by atoms with Gasteiger partial charge in [-0.2, -0.15) is 11.8 Å². The maximum absolute atomic E-state index is 11.7. The van der Waals surface area contributed by atoms with E-state index in [9.17, 15) is 9.59 Å². The summed E-state index contributed by atoms with van der Waals surface area (Å²) in [6.45, 7) is 0. The number of rotatable bonds is 8. The van der Waals surface area contributed by atoms with E-state index in [-0.39, 0.29) is 12.3 Å². The number of carboxylic acid groups (broad SMARTS) is 1. The molecule has 0 spiro atoms. The lowest BCUT2D eigenvalue weighted by Crippen LogP contribution is -2.15. The first-order chi connectivity index (χ1) is 9.13. The van der Waals surface area contributed by atoms with Crippen LogP contribution in [0.4, 0.5) is 5.69 Å². The van der Waals surface area contributed by atoms with Crippen molar-refractivity contribution in [1.29, 1.82) is 0 Å². The number of methoxy groups -OCH3 is 1. The highest BCUT2D eigenvalue weighted by atomic mass is 32.2. The van der Waals surface area contributed by atoms with Gasteiger partial charge in [-0.15, -0.1) is 0 Å². The topological polar surface area (TPSA) is 75.6 Å². The van der Waals surface area contributed by atoms with E-state index in [0.717, 1.165) is 0 Å². The molecule has 2 N–H and O–H groups in total. The van der Waals surface area contributed by atoms with E-state index >= 15 is 0 Å². The lowest BCUT2D eigenvalue weighted by molar-refractivity contribution is -0.137. The molecular formula is C13H17NO4S. The number of carbonyl (C=O) groups excluding carboxylic acids is 1. The molecule has 0 unspecified atom stereocenters. The van der Waals surface area contributed by atoms with Crippen LogP contribution in [-0.4, -0.2) is 35.6 Å². The Kier molecular flexibility index (Phi) is 6.81. The smallest absolute Gasteiger partial charge is 0.303 e.